The maximum absolute atomic E-state index is 12.2. The highest BCUT2D eigenvalue weighted by molar-refractivity contribution is 6.35. The molecule has 0 saturated carbocycles. The molecule has 0 aliphatic carbocycles. The van der Waals surface area contributed by atoms with Crippen LogP contribution < -0.4 is 10.1 Å². The highest BCUT2D eigenvalue weighted by atomic mass is 35.5. The van der Waals surface area contributed by atoms with Crippen molar-refractivity contribution in [1.29, 1.82) is 0 Å². The quantitative estimate of drug-likeness (QED) is 0.863. The maximum Gasteiger partial charge on any atom is 0.261 e. The van der Waals surface area contributed by atoms with Gasteiger partial charge in [-0.15, -0.1) is 0 Å². The first-order chi connectivity index (χ1) is 10.5. The second-order valence-electron chi connectivity index (χ2n) is 4.98. The normalized spacial score (nSPS) is 13.3. The summed E-state index contributed by atoms with van der Waals surface area (Å²) in [6.07, 6.45) is -0.662. The van der Waals surface area contributed by atoms with Crippen LogP contribution in [0.1, 0.15) is 25.5 Å². The van der Waals surface area contributed by atoms with Crippen molar-refractivity contribution >= 4 is 29.1 Å². The molecule has 0 saturated heterocycles. The van der Waals surface area contributed by atoms with Crippen LogP contribution in [-0.4, -0.2) is 12.0 Å². The highest BCUT2D eigenvalue weighted by Gasteiger charge is 2.18. The van der Waals surface area contributed by atoms with Crippen LogP contribution in [0.25, 0.3) is 0 Å². The van der Waals surface area contributed by atoms with Gasteiger partial charge in [-0.2, -0.15) is 0 Å². The van der Waals surface area contributed by atoms with Crippen molar-refractivity contribution in [1.82, 2.24) is 5.32 Å². The zero-order valence-corrected chi connectivity index (χ0v) is 13.9. The van der Waals surface area contributed by atoms with Crippen LogP contribution in [0.5, 0.6) is 5.75 Å². The van der Waals surface area contributed by atoms with Crippen molar-refractivity contribution in [3.8, 4) is 5.75 Å². The van der Waals surface area contributed by atoms with Crippen LogP contribution in [-0.2, 0) is 4.79 Å². The molecule has 1 N–H and O–H groups in total. The van der Waals surface area contributed by atoms with E-state index in [9.17, 15) is 4.79 Å². The summed E-state index contributed by atoms with van der Waals surface area (Å²) in [4.78, 5) is 12.2. The molecule has 3 nitrogen and oxygen atoms in total. The number of benzene rings is 2. The minimum Gasteiger partial charge on any atom is -0.479 e. The Morgan fingerprint density at radius 1 is 1.09 bits per heavy atom. The summed E-state index contributed by atoms with van der Waals surface area (Å²) in [6, 6.07) is 14.5. The van der Waals surface area contributed by atoms with Crippen LogP contribution >= 0.6 is 23.2 Å². The molecule has 0 aliphatic heterocycles. The smallest absolute Gasteiger partial charge is 0.261 e. The number of rotatable bonds is 5. The first-order valence-corrected chi connectivity index (χ1v) is 7.70. The van der Waals surface area contributed by atoms with Gasteiger partial charge in [0.05, 0.1) is 11.1 Å². The van der Waals surface area contributed by atoms with Crippen LogP contribution in [0, 0.1) is 0 Å². The number of carbonyl (C=O) groups is 1. The van der Waals surface area contributed by atoms with Crippen molar-refractivity contribution < 1.29 is 9.53 Å². The molecule has 2 aromatic rings. The Labute approximate surface area is 140 Å². The van der Waals surface area contributed by atoms with E-state index < -0.39 is 6.10 Å². The van der Waals surface area contributed by atoms with Crippen molar-refractivity contribution in [2.75, 3.05) is 0 Å². The van der Waals surface area contributed by atoms with Crippen LogP contribution in [0.3, 0.4) is 0 Å². The van der Waals surface area contributed by atoms with Gasteiger partial charge in [0, 0.05) is 5.02 Å². The molecule has 0 heterocycles. The summed E-state index contributed by atoms with van der Waals surface area (Å²) >= 11 is 11.9. The summed E-state index contributed by atoms with van der Waals surface area (Å²) in [5.74, 6) is 0.225. The summed E-state index contributed by atoms with van der Waals surface area (Å²) in [5.41, 5.74) is 1.03. The standard InChI is InChI=1S/C17H17Cl2NO2/c1-11(13-6-4-3-5-7-13)20-17(21)12(2)22-16-9-8-14(18)10-15(16)19/h3-12H,1-2H3,(H,20,21)/t11-,12-/m1/s1. The van der Waals surface area contributed by atoms with Gasteiger partial charge in [-0.25, -0.2) is 0 Å². The first-order valence-electron chi connectivity index (χ1n) is 6.94. The minimum absolute atomic E-state index is 0.0968. The third-order valence-electron chi connectivity index (χ3n) is 3.23. The van der Waals surface area contributed by atoms with Crippen molar-refractivity contribution in [2.45, 2.75) is 26.0 Å². The number of hydrogen-bond donors (Lipinski definition) is 1. The number of halogens is 2. The fourth-order valence-corrected chi connectivity index (χ4v) is 2.42. The molecule has 0 radical (unpaired) electrons. The second kappa shape index (κ2) is 7.52. The fourth-order valence-electron chi connectivity index (χ4n) is 1.97. The Morgan fingerprint density at radius 2 is 1.77 bits per heavy atom. The largest absolute Gasteiger partial charge is 0.479 e. The average Bonchev–Trinajstić information content (AvgIpc) is 2.50. The summed E-state index contributed by atoms with van der Waals surface area (Å²) in [5, 5.41) is 3.81. The monoisotopic (exact) mass is 337 g/mol. The van der Waals surface area contributed by atoms with Gasteiger partial charge in [0.1, 0.15) is 5.75 Å². The van der Waals surface area contributed by atoms with E-state index in [0.29, 0.717) is 15.8 Å². The molecule has 0 spiro atoms. The number of hydrogen-bond acceptors (Lipinski definition) is 2. The van der Waals surface area contributed by atoms with Gasteiger partial charge in [0.25, 0.3) is 5.91 Å². The topological polar surface area (TPSA) is 38.3 Å². The van der Waals surface area contributed by atoms with Gasteiger partial charge in [-0.3, -0.25) is 4.79 Å². The molecule has 5 heteroatoms. The Kier molecular flexibility index (Phi) is 5.69. The summed E-state index contributed by atoms with van der Waals surface area (Å²) < 4.78 is 5.60. The predicted octanol–water partition coefficient (Wildman–Crippen LogP) is 4.64. The van der Waals surface area contributed by atoms with E-state index in [-0.39, 0.29) is 11.9 Å². The molecule has 1 amide bonds. The number of carbonyl (C=O) groups excluding carboxylic acids is 1. The van der Waals surface area contributed by atoms with Crippen molar-refractivity contribution in [3.05, 3.63) is 64.1 Å². The zero-order chi connectivity index (χ0) is 16.1. The molecule has 116 valence electrons. The second-order valence-corrected chi connectivity index (χ2v) is 5.82. The van der Waals surface area contributed by atoms with E-state index in [1.165, 1.54) is 0 Å². The molecule has 0 fully saturated rings. The number of amides is 1. The van der Waals surface area contributed by atoms with Gasteiger partial charge < -0.3 is 10.1 Å². The Hall–Kier alpha value is -1.71. The third-order valence-corrected chi connectivity index (χ3v) is 3.76. The van der Waals surface area contributed by atoms with E-state index >= 15 is 0 Å². The molecule has 2 aromatic carbocycles. The zero-order valence-electron chi connectivity index (χ0n) is 12.3. The van der Waals surface area contributed by atoms with E-state index in [0.717, 1.165) is 5.56 Å². The van der Waals surface area contributed by atoms with Gasteiger partial charge in [-0.05, 0) is 37.6 Å². The van der Waals surface area contributed by atoms with Crippen LogP contribution in [0.2, 0.25) is 10.0 Å². The Bertz CT molecular complexity index is 646. The summed E-state index contributed by atoms with van der Waals surface area (Å²) in [7, 11) is 0. The number of nitrogens with one attached hydrogen (secondary N) is 1. The molecule has 2 rings (SSSR count). The minimum atomic E-state index is -0.662. The van der Waals surface area contributed by atoms with E-state index in [1.807, 2.05) is 37.3 Å². The molecule has 0 bridgehead atoms. The highest BCUT2D eigenvalue weighted by Crippen LogP contribution is 2.28. The molecule has 0 unspecified atom stereocenters. The Morgan fingerprint density at radius 3 is 2.41 bits per heavy atom. The molecular formula is C17H17Cl2NO2. The Balaban J connectivity index is 1.97. The van der Waals surface area contributed by atoms with Gasteiger partial charge in [-0.1, -0.05) is 53.5 Å². The molecule has 22 heavy (non-hydrogen) atoms. The van der Waals surface area contributed by atoms with Gasteiger partial charge >= 0.3 is 0 Å². The molecule has 0 aliphatic rings. The lowest BCUT2D eigenvalue weighted by atomic mass is 10.1. The van der Waals surface area contributed by atoms with E-state index in [4.69, 9.17) is 27.9 Å². The lowest BCUT2D eigenvalue weighted by Gasteiger charge is -2.19. The van der Waals surface area contributed by atoms with Gasteiger partial charge in [0.15, 0.2) is 6.10 Å². The molecule has 0 aromatic heterocycles. The van der Waals surface area contributed by atoms with Crippen molar-refractivity contribution in [3.63, 3.8) is 0 Å². The third kappa shape index (κ3) is 4.39. The van der Waals surface area contributed by atoms with Gasteiger partial charge in [0.2, 0.25) is 0 Å². The average molecular weight is 338 g/mol. The molecular weight excluding hydrogens is 321 g/mol. The van der Waals surface area contributed by atoms with Crippen molar-refractivity contribution in [2.24, 2.45) is 0 Å². The fraction of sp³-hybridized carbons (Fsp3) is 0.235. The SMILES string of the molecule is C[C@@H](Oc1ccc(Cl)cc1Cl)C(=O)N[C@H](C)c1ccccc1. The van der Waals surface area contributed by atoms with E-state index in [1.54, 1.807) is 25.1 Å². The lowest BCUT2D eigenvalue weighted by Crippen LogP contribution is -2.37. The number of ether oxygens (including phenoxy) is 1. The lowest BCUT2D eigenvalue weighted by molar-refractivity contribution is -0.127. The van der Waals surface area contributed by atoms with Crippen LogP contribution in [0.15, 0.2) is 48.5 Å². The van der Waals surface area contributed by atoms with E-state index in [2.05, 4.69) is 5.32 Å². The van der Waals surface area contributed by atoms with Crippen LogP contribution in [0.4, 0.5) is 0 Å². The first kappa shape index (κ1) is 16.7. The predicted molar refractivity (Wildman–Crippen MR) is 89.6 cm³/mol. The maximum atomic E-state index is 12.2. The summed E-state index contributed by atoms with van der Waals surface area (Å²) in [6.45, 7) is 3.60. The molecule has 2 atom stereocenters.